The molecule has 12 rings (SSSR count). The first-order valence-corrected chi connectivity index (χ1v) is 22.5. The van der Waals surface area contributed by atoms with E-state index in [4.69, 9.17) is 0 Å². The molecule has 0 saturated heterocycles. The normalized spacial score (nSPS) is 12.6. The van der Waals surface area contributed by atoms with Crippen molar-refractivity contribution in [2.75, 3.05) is 4.90 Å². The molecule has 1 aliphatic rings. The van der Waals surface area contributed by atoms with E-state index < -0.39 is 5.41 Å². The molecule has 1 aromatic heterocycles. The number of rotatable bonds is 8. The van der Waals surface area contributed by atoms with Gasteiger partial charge in [-0.3, -0.25) is 0 Å². The Morgan fingerprint density at radius 2 is 0.778 bits per heavy atom. The molecule has 63 heavy (non-hydrogen) atoms. The van der Waals surface area contributed by atoms with E-state index in [9.17, 15) is 0 Å². The van der Waals surface area contributed by atoms with Gasteiger partial charge in [-0.2, -0.15) is 0 Å². The highest BCUT2D eigenvalue weighted by Crippen LogP contribution is 2.61. The lowest BCUT2D eigenvalue weighted by Crippen LogP contribution is -2.28. The summed E-state index contributed by atoms with van der Waals surface area (Å²) in [6, 6.07) is 91.3. The fourth-order valence-electron chi connectivity index (χ4n) is 10.2. The quantitative estimate of drug-likeness (QED) is 0.148. The Kier molecular flexibility index (Phi) is 8.98. The third kappa shape index (κ3) is 6.06. The summed E-state index contributed by atoms with van der Waals surface area (Å²) in [6.07, 6.45) is 0. The van der Waals surface area contributed by atoms with E-state index in [-0.39, 0.29) is 0 Å². The summed E-state index contributed by atoms with van der Waals surface area (Å²) in [5.41, 5.74) is 18.1. The fraction of sp³-hybridized carbons (Fsp3) is 0.0164. The summed E-state index contributed by atoms with van der Waals surface area (Å²) >= 11 is 1.90. The molecule has 0 radical (unpaired) electrons. The minimum absolute atomic E-state index is 0.492. The van der Waals surface area contributed by atoms with Crippen molar-refractivity contribution >= 4 is 48.6 Å². The molecule has 1 aliphatic carbocycles. The molecule has 0 bridgehead atoms. The molecule has 0 amide bonds. The van der Waals surface area contributed by atoms with E-state index in [0.717, 1.165) is 17.1 Å². The van der Waals surface area contributed by atoms with Gasteiger partial charge in [0.15, 0.2) is 0 Å². The van der Waals surface area contributed by atoms with Crippen LogP contribution in [-0.4, -0.2) is 0 Å². The minimum atomic E-state index is -0.492. The summed E-state index contributed by atoms with van der Waals surface area (Å²) in [5, 5.41) is 2.59. The van der Waals surface area contributed by atoms with Gasteiger partial charge in [-0.1, -0.05) is 206 Å². The van der Waals surface area contributed by atoms with Gasteiger partial charge in [-0.15, -0.1) is 11.3 Å². The number of hydrogen-bond acceptors (Lipinski definition) is 2. The summed E-state index contributed by atoms with van der Waals surface area (Å²) in [7, 11) is 0. The van der Waals surface area contributed by atoms with E-state index in [1.54, 1.807) is 0 Å². The highest BCUT2D eigenvalue weighted by molar-refractivity contribution is 7.26. The molecule has 0 spiro atoms. The van der Waals surface area contributed by atoms with E-state index in [1.807, 2.05) is 11.3 Å². The van der Waals surface area contributed by atoms with Crippen LogP contribution in [0.4, 0.5) is 17.1 Å². The van der Waals surface area contributed by atoms with Crippen molar-refractivity contribution in [3.63, 3.8) is 0 Å². The van der Waals surface area contributed by atoms with Gasteiger partial charge in [0.25, 0.3) is 0 Å². The molecule has 0 fully saturated rings. The third-order valence-corrected chi connectivity index (χ3v) is 14.0. The maximum absolute atomic E-state index is 2.53. The second-order valence-electron chi connectivity index (χ2n) is 16.4. The standard InChI is InChI=1S/C61H41NS/c1-6-18-42(19-7-1)43-30-32-44(33-31-43)45-34-36-50(37-35-45)62(49-26-14-5-15-27-49)51-38-39-53-56(40-51)63-57-41-55-59(58(60(53)57)46-20-8-2-9-21-46)52-28-16-17-29-54(52)61(55,47-22-10-3-11-23-47)48-24-12-4-13-25-48/h1-41H. The zero-order valence-electron chi connectivity index (χ0n) is 34.5. The third-order valence-electron chi connectivity index (χ3n) is 12.9. The number of hydrogen-bond donors (Lipinski definition) is 0. The van der Waals surface area contributed by atoms with Crippen LogP contribution in [0.25, 0.3) is 64.7 Å². The molecule has 0 N–H and O–H groups in total. The van der Waals surface area contributed by atoms with Crippen molar-refractivity contribution in [1.82, 2.24) is 0 Å². The smallest absolute Gasteiger partial charge is 0.0714 e. The maximum Gasteiger partial charge on any atom is 0.0714 e. The molecule has 2 heteroatoms. The summed E-state index contributed by atoms with van der Waals surface area (Å²) in [6.45, 7) is 0. The summed E-state index contributed by atoms with van der Waals surface area (Å²) in [4.78, 5) is 2.39. The van der Waals surface area contributed by atoms with Crippen LogP contribution in [0.5, 0.6) is 0 Å². The Labute approximate surface area is 372 Å². The average molecular weight is 820 g/mol. The van der Waals surface area contributed by atoms with Crippen LogP contribution in [0.1, 0.15) is 22.3 Å². The van der Waals surface area contributed by atoms with Gasteiger partial charge in [-0.25, -0.2) is 0 Å². The Bertz CT molecular complexity index is 3360. The van der Waals surface area contributed by atoms with E-state index in [0.29, 0.717) is 0 Å². The molecule has 0 unspecified atom stereocenters. The van der Waals surface area contributed by atoms with Crippen molar-refractivity contribution < 1.29 is 0 Å². The predicted octanol–water partition coefficient (Wildman–Crippen LogP) is 16.9. The molecule has 0 aliphatic heterocycles. The topological polar surface area (TPSA) is 3.24 Å². The first kappa shape index (κ1) is 37.0. The number of para-hydroxylation sites is 1. The number of nitrogens with zero attached hydrogens (tertiary/aromatic N) is 1. The lowest BCUT2D eigenvalue weighted by molar-refractivity contribution is 0.770. The van der Waals surface area contributed by atoms with Crippen LogP contribution in [0.2, 0.25) is 0 Å². The first-order chi connectivity index (χ1) is 31.3. The van der Waals surface area contributed by atoms with Crippen molar-refractivity contribution in [3.8, 4) is 44.5 Å². The number of anilines is 3. The van der Waals surface area contributed by atoms with Gasteiger partial charge in [0.1, 0.15) is 0 Å². The van der Waals surface area contributed by atoms with Crippen molar-refractivity contribution in [1.29, 1.82) is 0 Å². The van der Waals surface area contributed by atoms with Crippen LogP contribution in [0.3, 0.4) is 0 Å². The Hall–Kier alpha value is -7.78. The number of thiophene rings is 1. The Morgan fingerprint density at radius 3 is 1.38 bits per heavy atom. The number of fused-ring (bicyclic) bond motifs is 6. The summed E-state index contributed by atoms with van der Waals surface area (Å²) < 4.78 is 2.55. The lowest BCUT2D eigenvalue weighted by atomic mass is 9.67. The molecular formula is C61H41NS. The van der Waals surface area contributed by atoms with Gasteiger partial charge in [0, 0.05) is 37.2 Å². The van der Waals surface area contributed by atoms with Gasteiger partial charge >= 0.3 is 0 Å². The molecule has 0 saturated carbocycles. The number of benzene rings is 10. The van der Waals surface area contributed by atoms with Gasteiger partial charge in [-0.05, 0) is 109 Å². The highest BCUT2D eigenvalue weighted by atomic mass is 32.1. The largest absolute Gasteiger partial charge is 0.310 e. The second-order valence-corrected chi connectivity index (χ2v) is 17.5. The second kappa shape index (κ2) is 15.3. The summed E-state index contributed by atoms with van der Waals surface area (Å²) in [5.74, 6) is 0. The molecule has 10 aromatic carbocycles. The van der Waals surface area contributed by atoms with E-state index in [1.165, 1.54) is 86.9 Å². The zero-order chi connectivity index (χ0) is 41.7. The molecular weight excluding hydrogens is 779 g/mol. The van der Waals surface area contributed by atoms with Crippen molar-refractivity contribution in [2.24, 2.45) is 0 Å². The lowest BCUT2D eigenvalue weighted by Gasteiger charge is -2.34. The molecule has 0 atom stereocenters. The van der Waals surface area contributed by atoms with Crippen LogP contribution < -0.4 is 4.90 Å². The van der Waals surface area contributed by atoms with E-state index >= 15 is 0 Å². The Morgan fingerprint density at radius 1 is 0.317 bits per heavy atom. The van der Waals surface area contributed by atoms with E-state index in [2.05, 4.69) is 254 Å². The maximum atomic E-state index is 2.53. The van der Waals surface area contributed by atoms with Crippen LogP contribution in [0.15, 0.2) is 249 Å². The Balaban J connectivity index is 1.04. The van der Waals surface area contributed by atoms with Gasteiger partial charge in [0.05, 0.1) is 5.41 Å². The van der Waals surface area contributed by atoms with Crippen LogP contribution >= 0.6 is 11.3 Å². The van der Waals surface area contributed by atoms with Gasteiger partial charge < -0.3 is 4.90 Å². The zero-order valence-corrected chi connectivity index (χ0v) is 35.3. The molecule has 296 valence electrons. The SMILES string of the molecule is c1ccc(-c2ccc(-c3ccc(N(c4ccccc4)c4ccc5c(c4)sc4cc6c(c(-c7ccccc7)c45)-c4ccccc4C6(c4ccccc4)c4ccccc4)cc3)cc2)cc1. The average Bonchev–Trinajstić information content (AvgIpc) is 3.88. The van der Waals surface area contributed by atoms with Crippen molar-refractivity contribution in [3.05, 3.63) is 271 Å². The van der Waals surface area contributed by atoms with Crippen LogP contribution in [-0.2, 0) is 5.41 Å². The first-order valence-electron chi connectivity index (χ1n) is 21.7. The molecule has 11 aromatic rings. The van der Waals surface area contributed by atoms with Gasteiger partial charge in [0.2, 0.25) is 0 Å². The molecule has 1 nitrogen and oxygen atoms in total. The fourth-order valence-corrected chi connectivity index (χ4v) is 11.4. The molecule has 1 heterocycles. The van der Waals surface area contributed by atoms with Crippen molar-refractivity contribution in [2.45, 2.75) is 5.41 Å². The highest BCUT2D eigenvalue weighted by Gasteiger charge is 2.47. The monoisotopic (exact) mass is 819 g/mol. The predicted molar refractivity (Wildman–Crippen MR) is 268 cm³/mol. The minimum Gasteiger partial charge on any atom is -0.310 e. The van der Waals surface area contributed by atoms with Crippen LogP contribution in [0, 0.1) is 0 Å².